The molecule has 0 N–H and O–H groups in total. The second kappa shape index (κ2) is 4.95. The van der Waals surface area contributed by atoms with E-state index in [0.717, 1.165) is 0 Å². The van der Waals surface area contributed by atoms with E-state index in [1.807, 2.05) is 0 Å². The molecule has 18 heavy (non-hydrogen) atoms. The van der Waals surface area contributed by atoms with E-state index in [4.69, 9.17) is 4.74 Å². The second-order valence-electron chi connectivity index (χ2n) is 3.78. The summed E-state index contributed by atoms with van der Waals surface area (Å²) < 4.78 is 23.0. The number of ether oxygens (including phenoxy) is 1. The van der Waals surface area contributed by atoms with Gasteiger partial charge in [0.25, 0.3) is 0 Å². The number of rotatable bonds is 4. The number of nitrogens with zero attached hydrogens (tertiary/aromatic N) is 2. The Hall–Kier alpha value is -2.24. The van der Waals surface area contributed by atoms with Crippen LogP contribution in [0.5, 0.6) is 5.75 Å². The molecule has 0 aliphatic rings. The number of ketones is 1. The topological polar surface area (TPSA) is 65.2 Å². The molecule has 0 radical (unpaired) electrons. The van der Waals surface area contributed by atoms with Crippen LogP contribution in [0.1, 0.15) is 28.7 Å². The Labute approximate surface area is 103 Å². The third-order valence-electron chi connectivity index (χ3n) is 2.43. The van der Waals surface area contributed by atoms with Crippen LogP contribution in [0.25, 0.3) is 0 Å². The third-order valence-corrected chi connectivity index (χ3v) is 2.43. The lowest BCUT2D eigenvalue weighted by molar-refractivity contribution is 0.101. The van der Waals surface area contributed by atoms with Gasteiger partial charge in [0.05, 0.1) is 5.56 Å². The van der Waals surface area contributed by atoms with Gasteiger partial charge in [0.15, 0.2) is 5.78 Å². The molecule has 0 aliphatic carbocycles. The van der Waals surface area contributed by atoms with Gasteiger partial charge in [0.1, 0.15) is 29.6 Å². The van der Waals surface area contributed by atoms with Crippen LogP contribution >= 0.6 is 0 Å². The maximum absolute atomic E-state index is 13.1. The van der Waals surface area contributed by atoms with E-state index < -0.39 is 5.82 Å². The average molecular weight is 250 g/mol. The van der Waals surface area contributed by atoms with Gasteiger partial charge in [-0.25, -0.2) is 9.02 Å². The molecule has 1 aromatic carbocycles. The van der Waals surface area contributed by atoms with Crippen molar-refractivity contribution < 1.29 is 18.6 Å². The first kappa shape index (κ1) is 12.2. The summed E-state index contributed by atoms with van der Waals surface area (Å²) in [6.45, 7) is 3.18. The fraction of sp³-hybridized carbons (Fsp3) is 0.250. The fourth-order valence-corrected chi connectivity index (χ4v) is 1.43. The van der Waals surface area contributed by atoms with Gasteiger partial charge in [-0.3, -0.25) is 4.79 Å². The Balaban J connectivity index is 2.20. The van der Waals surface area contributed by atoms with Crippen LogP contribution in [0.2, 0.25) is 0 Å². The van der Waals surface area contributed by atoms with Crippen molar-refractivity contribution in [2.75, 3.05) is 0 Å². The first-order valence-corrected chi connectivity index (χ1v) is 5.29. The van der Waals surface area contributed by atoms with Gasteiger partial charge in [-0.05, 0) is 26.0 Å². The van der Waals surface area contributed by atoms with E-state index in [1.54, 1.807) is 6.92 Å². The zero-order valence-corrected chi connectivity index (χ0v) is 9.94. The molecule has 1 heterocycles. The summed E-state index contributed by atoms with van der Waals surface area (Å²) in [5.41, 5.74) is 1.43. The molecule has 0 bridgehead atoms. The summed E-state index contributed by atoms with van der Waals surface area (Å²) in [6, 6.07) is 3.77. The second-order valence-corrected chi connectivity index (χ2v) is 3.78. The Bertz CT molecular complexity index is 580. The zero-order chi connectivity index (χ0) is 13.1. The minimum absolute atomic E-state index is 0.0685. The zero-order valence-electron chi connectivity index (χ0n) is 9.94. The Morgan fingerprint density at radius 1 is 1.44 bits per heavy atom. The lowest BCUT2D eigenvalue weighted by atomic mass is 10.1. The highest BCUT2D eigenvalue weighted by Gasteiger charge is 2.12. The Morgan fingerprint density at radius 2 is 2.22 bits per heavy atom. The van der Waals surface area contributed by atoms with E-state index in [2.05, 4.69) is 14.9 Å². The van der Waals surface area contributed by atoms with Crippen molar-refractivity contribution in [3.63, 3.8) is 0 Å². The maximum Gasteiger partial charge on any atom is 0.163 e. The van der Waals surface area contributed by atoms with Crippen molar-refractivity contribution in [2.45, 2.75) is 20.5 Å². The summed E-state index contributed by atoms with van der Waals surface area (Å²) >= 11 is 0. The van der Waals surface area contributed by atoms with Crippen molar-refractivity contribution in [3.8, 4) is 5.75 Å². The highest BCUT2D eigenvalue weighted by atomic mass is 19.1. The number of benzene rings is 1. The van der Waals surface area contributed by atoms with E-state index >= 15 is 0 Å². The molecular weight excluding hydrogens is 239 g/mol. The molecule has 6 heteroatoms. The normalized spacial score (nSPS) is 10.4. The molecule has 0 aliphatic heterocycles. The summed E-state index contributed by atoms with van der Waals surface area (Å²) in [4.78, 5) is 11.4. The molecule has 0 atom stereocenters. The molecule has 2 rings (SSSR count). The molecule has 0 saturated heterocycles. The van der Waals surface area contributed by atoms with Gasteiger partial charge < -0.3 is 4.74 Å². The SMILES string of the molecule is CC(=O)c1ccc(F)cc1OCc1nonc1C. The molecule has 0 amide bonds. The number of carbonyl (C=O) groups is 1. The first-order valence-electron chi connectivity index (χ1n) is 5.29. The highest BCUT2D eigenvalue weighted by Crippen LogP contribution is 2.21. The predicted octanol–water partition coefficient (Wildman–Crippen LogP) is 2.30. The minimum Gasteiger partial charge on any atom is -0.486 e. The maximum atomic E-state index is 13.1. The van der Waals surface area contributed by atoms with Crippen molar-refractivity contribution in [1.82, 2.24) is 10.3 Å². The smallest absolute Gasteiger partial charge is 0.163 e. The van der Waals surface area contributed by atoms with Gasteiger partial charge in [-0.2, -0.15) is 0 Å². The van der Waals surface area contributed by atoms with Crippen LogP contribution in [0.15, 0.2) is 22.8 Å². The molecule has 5 nitrogen and oxygen atoms in total. The van der Waals surface area contributed by atoms with Crippen LogP contribution in [-0.2, 0) is 6.61 Å². The lowest BCUT2D eigenvalue weighted by Crippen LogP contribution is -2.03. The van der Waals surface area contributed by atoms with Gasteiger partial charge in [0.2, 0.25) is 0 Å². The van der Waals surface area contributed by atoms with Gasteiger partial charge in [0, 0.05) is 6.07 Å². The van der Waals surface area contributed by atoms with Crippen molar-refractivity contribution in [1.29, 1.82) is 0 Å². The molecular formula is C12H11FN2O3. The average Bonchev–Trinajstić information content (AvgIpc) is 2.72. The molecule has 0 unspecified atom stereocenters. The molecule has 0 spiro atoms. The quantitative estimate of drug-likeness (QED) is 0.779. The number of aryl methyl sites for hydroxylation is 1. The number of halogens is 1. The number of carbonyl (C=O) groups excluding carboxylic acids is 1. The predicted molar refractivity (Wildman–Crippen MR) is 59.8 cm³/mol. The van der Waals surface area contributed by atoms with Gasteiger partial charge >= 0.3 is 0 Å². The van der Waals surface area contributed by atoms with E-state index in [9.17, 15) is 9.18 Å². The number of hydrogen-bond donors (Lipinski definition) is 0. The standard InChI is InChI=1S/C12H11FN2O3/c1-7-11(15-18-14-7)6-17-12-5-9(13)3-4-10(12)8(2)16/h3-5H,6H2,1-2H3. The van der Waals surface area contributed by atoms with Crippen LogP contribution in [-0.4, -0.2) is 16.1 Å². The van der Waals surface area contributed by atoms with Crippen LogP contribution in [0, 0.1) is 12.7 Å². The van der Waals surface area contributed by atoms with Crippen molar-refractivity contribution in [2.24, 2.45) is 0 Å². The van der Waals surface area contributed by atoms with Crippen molar-refractivity contribution >= 4 is 5.78 Å². The summed E-state index contributed by atoms with van der Waals surface area (Å²) in [7, 11) is 0. The van der Waals surface area contributed by atoms with E-state index in [0.29, 0.717) is 17.0 Å². The largest absolute Gasteiger partial charge is 0.486 e. The summed E-state index contributed by atoms with van der Waals surface area (Å²) in [5, 5.41) is 7.23. The monoisotopic (exact) mass is 250 g/mol. The highest BCUT2D eigenvalue weighted by molar-refractivity contribution is 5.96. The summed E-state index contributed by atoms with van der Waals surface area (Å²) in [5.74, 6) is -0.477. The lowest BCUT2D eigenvalue weighted by Gasteiger charge is -2.08. The summed E-state index contributed by atoms with van der Waals surface area (Å²) in [6.07, 6.45) is 0. The van der Waals surface area contributed by atoms with Crippen LogP contribution in [0.3, 0.4) is 0 Å². The fourth-order valence-electron chi connectivity index (χ4n) is 1.43. The molecule has 94 valence electrons. The van der Waals surface area contributed by atoms with E-state index in [-0.39, 0.29) is 18.1 Å². The molecule has 0 fully saturated rings. The molecule has 0 saturated carbocycles. The number of aromatic nitrogens is 2. The molecule has 2 aromatic rings. The van der Waals surface area contributed by atoms with Crippen LogP contribution in [0.4, 0.5) is 4.39 Å². The van der Waals surface area contributed by atoms with Gasteiger partial charge in [-0.1, -0.05) is 10.3 Å². The number of hydrogen-bond acceptors (Lipinski definition) is 5. The van der Waals surface area contributed by atoms with E-state index in [1.165, 1.54) is 25.1 Å². The van der Waals surface area contributed by atoms with Crippen molar-refractivity contribution in [3.05, 3.63) is 41.0 Å². The Morgan fingerprint density at radius 3 is 2.83 bits per heavy atom. The first-order chi connectivity index (χ1) is 8.58. The minimum atomic E-state index is -0.468. The van der Waals surface area contributed by atoms with Gasteiger partial charge in [-0.15, -0.1) is 0 Å². The molecule has 1 aromatic heterocycles. The Kier molecular flexibility index (Phi) is 3.36. The van der Waals surface area contributed by atoms with Crippen LogP contribution < -0.4 is 4.74 Å². The third kappa shape index (κ3) is 2.53. The number of Topliss-reactive ketones (excluding diaryl/α,β-unsaturated/α-hetero) is 1.